The number of rotatable bonds is 6. The third kappa shape index (κ3) is 5.16. The van der Waals surface area contributed by atoms with Crippen molar-refractivity contribution in [1.29, 1.82) is 0 Å². The average molecular weight is 475 g/mol. The van der Waals surface area contributed by atoms with Crippen LogP contribution in [0.25, 0.3) is 0 Å². The molecule has 1 aliphatic heterocycles. The molecule has 9 heteroatoms. The van der Waals surface area contributed by atoms with Crippen molar-refractivity contribution >= 4 is 29.1 Å². The zero-order chi connectivity index (χ0) is 22.7. The summed E-state index contributed by atoms with van der Waals surface area (Å²) in [6.45, 7) is 3.14. The minimum Gasteiger partial charge on any atom is -0.478 e. The molecule has 1 saturated heterocycles. The number of amides is 1. The van der Waals surface area contributed by atoms with Crippen LogP contribution in [0.5, 0.6) is 5.88 Å². The molecule has 0 N–H and O–H groups in total. The number of halogens is 3. The second-order valence-electron chi connectivity index (χ2n) is 7.72. The van der Waals surface area contributed by atoms with Crippen LogP contribution in [-0.2, 0) is 0 Å². The molecular formula is C23H21Cl2FN4O2. The fraction of sp³-hybridized carbons (Fsp3) is 0.304. The number of aromatic nitrogens is 3. The van der Waals surface area contributed by atoms with Crippen LogP contribution in [0.3, 0.4) is 0 Å². The second-order valence-corrected chi connectivity index (χ2v) is 8.56. The lowest BCUT2D eigenvalue weighted by molar-refractivity contribution is 0.0783. The van der Waals surface area contributed by atoms with E-state index in [0.29, 0.717) is 48.4 Å². The Morgan fingerprint density at radius 3 is 2.59 bits per heavy atom. The lowest BCUT2D eigenvalue weighted by Crippen LogP contribution is -2.29. The lowest BCUT2D eigenvalue weighted by Gasteiger charge is -2.18. The molecule has 1 fully saturated rings. The van der Waals surface area contributed by atoms with Gasteiger partial charge < -0.3 is 9.64 Å². The Balaban J connectivity index is 1.50. The first-order valence-electron chi connectivity index (χ1n) is 10.2. The van der Waals surface area contributed by atoms with Crippen LogP contribution >= 0.6 is 23.2 Å². The highest BCUT2D eigenvalue weighted by atomic mass is 35.5. The number of benzene rings is 1. The molecule has 1 aromatic carbocycles. The first-order chi connectivity index (χ1) is 15.4. The standard InChI is InChI=1S/C23H21Cl2FN4O2/c1-14-27-9-17(10-28-14)23(31)30-12-16(6-7-32-22-5-3-18(24)11-29-22)19(13-30)15-2-4-20(25)21(26)8-15/h2-5,8-11,16,19H,6-7,12-13H2,1H3/t16-,19+/m0/s1. The molecule has 2 aromatic heterocycles. The van der Waals surface area contributed by atoms with Crippen LogP contribution in [0.4, 0.5) is 4.39 Å². The molecule has 0 saturated carbocycles. The zero-order valence-corrected chi connectivity index (χ0v) is 18.9. The zero-order valence-electron chi connectivity index (χ0n) is 17.3. The van der Waals surface area contributed by atoms with Gasteiger partial charge in [-0.2, -0.15) is 0 Å². The summed E-state index contributed by atoms with van der Waals surface area (Å²) in [7, 11) is 0. The third-order valence-electron chi connectivity index (χ3n) is 5.57. The quantitative estimate of drug-likeness (QED) is 0.505. The van der Waals surface area contributed by atoms with E-state index in [2.05, 4.69) is 15.0 Å². The van der Waals surface area contributed by atoms with Crippen LogP contribution in [0.2, 0.25) is 10.0 Å². The topological polar surface area (TPSA) is 68.2 Å². The molecule has 0 spiro atoms. The van der Waals surface area contributed by atoms with E-state index in [0.717, 1.165) is 5.56 Å². The second kappa shape index (κ2) is 9.79. The van der Waals surface area contributed by atoms with Crippen molar-refractivity contribution in [2.24, 2.45) is 5.92 Å². The van der Waals surface area contributed by atoms with Crippen molar-refractivity contribution in [3.63, 3.8) is 0 Å². The fourth-order valence-electron chi connectivity index (χ4n) is 3.90. The number of ether oxygens (including phenoxy) is 1. The first kappa shape index (κ1) is 22.4. The summed E-state index contributed by atoms with van der Waals surface area (Å²) in [6, 6.07) is 8.23. The number of likely N-dealkylation sites (tertiary alicyclic amines) is 1. The van der Waals surface area contributed by atoms with E-state index < -0.39 is 5.82 Å². The monoisotopic (exact) mass is 474 g/mol. The van der Waals surface area contributed by atoms with Crippen molar-refractivity contribution in [2.75, 3.05) is 19.7 Å². The minimum absolute atomic E-state index is 0.0566. The molecule has 1 amide bonds. The van der Waals surface area contributed by atoms with Crippen LogP contribution in [-0.4, -0.2) is 45.5 Å². The molecular weight excluding hydrogens is 454 g/mol. The molecule has 3 aromatic rings. The molecule has 3 heterocycles. The first-order valence-corrected chi connectivity index (χ1v) is 10.9. The summed E-state index contributed by atoms with van der Waals surface area (Å²) in [5.74, 6) is 0.472. The van der Waals surface area contributed by atoms with Gasteiger partial charge in [0.15, 0.2) is 0 Å². The summed E-state index contributed by atoms with van der Waals surface area (Å²) < 4.78 is 19.9. The molecule has 4 rings (SSSR count). The largest absolute Gasteiger partial charge is 0.478 e. The van der Waals surface area contributed by atoms with E-state index in [9.17, 15) is 9.18 Å². The molecule has 0 radical (unpaired) electrons. The predicted molar refractivity (Wildman–Crippen MR) is 120 cm³/mol. The molecule has 1 aliphatic rings. The van der Waals surface area contributed by atoms with Crippen LogP contribution in [0.15, 0.2) is 48.9 Å². The Bertz CT molecular complexity index is 1100. The van der Waals surface area contributed by atoms with Crippen molar-refractivity contribution in [3.05, 3.63) is 81.7 Å². The van der Waals surface area contributed by atoms with E-state index in [1.165, 1.54) is 24.7 Å². The number of carbonyl (C=O) groups excluding carboxylic acids is 1. The fourth-order valence-corrected chi connectivity index (χ4v) is 4.13. The third-order valence-corrected chi connectivity index (χ3v) is 6.10. The van der Waals surface area contributed by atoms with Gasteiger partial charge in [-0.25, -0.2) is 19.3 Å². The number of pyridine rings is 1. The van der Waals surface area contributed by atoms with Gasteiger partial charge in [0.05, 0.1) is 22.2 Å². The molecule has 2 atom stereocenters. The van der Waals surface area contributed by atoms with Gasteiger partial charge in [-0.1, -0.05) is 29.3 Å². The van der Waals surface area contributed by atoms with E-state index in [1.54, 1.807) is 30.0 Å². The molecule has 0 unspecified atom stereocenters. The van der Waals surface area contributed by atoms with Gasteiger partial charge in [-0.05, 0) is 43.0 Å². The van der Waals surface area contributed by atoms with Gasteiger partial charge in [-0.3, -0.25) is 4.79 Å². The van der Waals surface area contributed by atoms with Crippen molar-refractivity contribution in [2.45, 2.75) is 19.3 Å². The van der Waals surface area contributed by atoms with Crippen LogP contribution in [0, 0.1) is 18.7 Å². The van der Waals surface area contributed by atoms with Gasteiger partial charge in [0, 0.05) is 43.7 Å². The number of hydrogen-bond donors (Lipinski definition) is 0. The Kier molecular flexibility index (Phi) is 6.86. The lowest BCUT2D eigenvalue weighted by atomic mass is 9.87. The van der Waals surface area contributed by atoms with Gasteiger partial charge in [-0.15, -0.1) is 0 Å². The maximum atomic E-state index is 14.2. The molecule has 32 heavy (non-hydrogen) atoms. The van der Waals surface area contributed by atoms with Gasteiger partial charge in [0.1, 0.15) is 11.6 Å². The highest BCUT2D eigenvalue weighted by Crippen LogP contribution is 2.36. The Labute approximate surface area is 195 Å². The Hall–Kier alpha value is -2.77. The van der Waals surface area contributed by atoms with E-state index in [1.807, 2.05) is 6.07 Å². The van der Waals surface area contributed by atoms with Crippen molar-refractivity contribution in [3.8, 4) is 5.88 Å². The van der Waals surface area contributed by atoms with E-state index in [4.69, 9.17) is 27.9 Å². The van der Waals surface area contributed by atoms with Crippen LogP contribution < -0.4 is 4.74 Å². The smallest absolute Gasteiger partial charge is 0.257 e. The number of aryl methyl sites for hydroxylation is 1. The van der Waals surface area contributed by atoms with Gasteiger partial charge in [0.25, 0.3) is 5.91 Å². The highest BCUT2D eigenvalue weighted by molar-refractivity contribution is 6.30. The highest BCUT2D eigenvalue weighted by Gasteiger charge is 2.36. The van der Waals surface area contributed by atoms with E-state index >= 15 is 0 Å². The molecule has 0 bridgehead atoms. The van der Waals surface area contributed by atoms with Crippen LogP contribution in [0.1, 0.15) is 34.1 Å². The van der Waals surface area contributed by atoms with Gasteiger partial charge in [0.2, 0.25) is 5.88 Å². The summed E-state index contributed by atoms with van der Waals surface area (Å²) in [5.41, 5.74) is 1.23. The maximum absolute atomic E-state index is 14.2. The summed E-state index contributed by atoms with van der Waals surface area (Å²) in [6.07, 6.45) is 5.25. The molecule has 166 valence electrons. The molecule has 0 aliphatic carbocycles. The SMILES string of the molecule is Cc1ncc(C(=O)N2C[C@H](CCOc3ccc(Cl)cn3)[C@@H](c3ccc(Cl)c(F)c3)C2)cn1. The van der Waals surface area contributed by atoms with Gasteiger partial charge >= 0.3 is 0 Å². The maximum Gasteiger partial charge on any atom is 0.257 e. The number of carbonyl (C=O) groups is 1. The van der Waals surface area contributed by atoms with Crippen molar-refractivity contribution in [1.82, 2.24) is 19.9 Å². The average Bonchev–Trinajstić information content (AvgIpc) is 3.21. The summed E-state index contributed by atoms with van der Waals surface area (Å²) in [4.78, 5) is 27.2. The number of nitrogens with zero attached hydrogens (tertiary/aromatic N) is 4. The Morgan fingerprint density at radius 2 is 1.91 bits per heavy atom. The predicted octanol–water partition coefficient (Wildman–Crippen LogP) is 4.95. The molecule has 6 nitrogen and oxygen atoms in total. The normalized spacial score (nSPS) is 18.1. The minimum atomic E-state index is -0.471. The van der Waals surface area contributed by atoms with E-state index in [-0.39, 0.29) is 22.8 Å². The Morgan fingerprint density at radius 1 is 1.12 bits per heavy atom. The summed E-state index contributed by atoms with van der Waals surface area (Å²) in [5, 5.41) is 0.609. The number of hydrogen-bond acceptors (Lipinski definition) is 5. The summed E-state index contributed by atoms with van der Waals surface area (Å²) >= 11 is 11.7. The van der Waals surface area contributed by atoms with Crippen molar-refractivity contribution < 1.29 is 13.9 Å².